The van der Waals surface area contributed by atoms with E-state index in [1.165, 1.54) is 0 Å². The van der Waals surface area contributed by atoms with E-state index in [1.807, 2.05) is 0 Å². The molecule has 1 atom stereocenters. The van der Waals surface area contributed by atoms with E-state index in [0.717, 1.165) is 18.2 Å². The summed E-state index contributed by atoms with van der Waals surface area (Å²) in [6, 6.07) is 1.14. The average molecular weight is 269 g/mol. The molecule has 100 valence electrons. The van der Waals surface area contributed by atoms with Gasteiger partial charge in [0, 0.05) is 6.54 Å². The Morgan fingerprint density at radius 2 is 1.67 bits per heavy atom. The highest BCUT2D eigenvalue weighted by Gasteiger charge is 2.41. The summed E-state index contributed by atoms with van der Waals surface area (Å²) >= 11 is 0. The lowest BCUT2D eigenvalue weighted by Crippen LogP contribution is -2.46. The zero-order valence-corrected chi connectivity index (χ0v) is 8.99. The minimum Gasteiger partial charge on any atom is -0.302 e. The molecule has 18 heavy (non-hydrogen) atoms. The SMILES string of the molecule is FC(F)(F)c1ccc2c(c1)CN[C@@H](C(F)(F)F)C2. The van der Waals surface area contributed by atoms with Gasteiger partial charge in [0.2, 0.25) is 0 Å². The second kappa shape index (κ2) is 4.15. The van der Waals surface area contributed by atoms with Gasteiger partial charge in [0.05, 0.1) is 5.56 Å². The molecule has 0 aromatic heterocycles. The van der Waals surface area contributed by atoms with Gasteiger partial charge in [-0.1, -0.05) is 6.07 Å². The molecule has 7 heteroatoms. The lowest BCUT2D eigenvalue weighted by Gasteiger charge is -2.28. The average Bonchev–Trinajstić information content (AvgIpc) is 2.25. The number of rotatable bonds is 0. The van der Waals surface area contributed by atoms with E-state index in [-0.39, 0.29) is 18.5 Å². The summed E-state index contributed by atoms with van der Waals surface area (Å²) in [4.78, 5) is 0. The van der Waals surface area contributed by atoms with Crippen molar-refractivity contribution in [3.8, 4) is 0 Å². The summed E-state index contributed by atoms with van der Waals surface area (Å²) in [5, 5.41) is 2.20. The third-order valence-corrected chi connectivity index (χ3v) is 2.89. The zero-order chi connectivity index (χ0) is 13.6. The van der Waals surface area contributed by atoms with E-state index in [4.69, 9.17) is 0 Å². The van der Waals surface area contributed by atoms with E-state index in [1.54, 1.807) is 0 Å². The van der Waals surface area contributed by atoms with Crippen molar-refractivity contribution < 1.29 is 26.3 Å². The number of hydrogen-bond donors (Lipinski definition) is 1. The predicted octanol–water partition coefficient (Wildman–Crippen LogP) is 3.28. The Kier molecular flexibility index (Phi) is 3.04. The number of fused-ring (bicyclic) bond motifs is 1. The predicted molar refractivity (Wildman–Crippen MR) is 51.8 cm³/mol. The number of benzene rings is 1. The first-order valence-corrected chi connectivity index (χ1v) is 5.17. The summed E-state index contributed by atoms with van der Waals surface area (Å²) in [7, 11) is 0. The molecule has 0 spiro atoms. The van der Waals surface area contributed by atoms with Gasteiger partial charge in [-0.2, -0.15) is 26.3 Å². The Bertz CT molecular complexity index is 448. The molecular formula is C11H9F6N. The van der Waals surface area contributed by atoms with Gasteiger partial charge in [-0.3, -0.25) is 0 Å². The zero-order valence-electron chi connectivity index (χ0n) is 8.99. The lowest BCUT2D eigenvalue weighted by molar-refractivity contribution is -0.157. The van der Waals surface area contributed by atoms with Crippen molar-refractivity contribution in [2.75, 3.05) is 0 Å². The minimum absolute atomic E-state index is 0.205. The van der Waals surface area contributed by atoms with Crippen LogP contribution in [0, 0.1) is 0 Å². The molecule has 1 nitrogen and oxygen atoms in total. The highest BCUT2D eigenvalue weighted by molar-refractivity contribution is 5.35. The highest BCUT2D eigenvalue weighted by atomic mass is 19.4. The Hall–Kier alpha value is -1.24. The Labute approximate surface area is 98.8 Å². The summed E-state index contributed by atoms with van der Waals surface area (Å²) < 4.78 is 74.7. The number of halogens is 6. The van der Waals surface area contributed by atoms with E-state index < -0.39 is 24.0 Å². The summed E-state index contributed by atoms with van der Waals surface area (Å²) in [5.74, 6) is 0. The molecule has 0 radical (unpaired) electrons. The van der Waals surface area contributed by atoms with Crippen molar-refractivity contribution in [2.24, 2.45) is 0 Å². The molecule has 1 aromatic carbocycles. The maximum absolute atomic E-state index is 12.5. The number of hydrogen-bond acceptors (Lipinski definition) is 1. The van der Waals surface area contributed by atoms with Gasteiger partial charge in [0.25, 0.3) is 0 Å². The number of alkyl halides is 6. The maximum Gasteiger partial charge on any atom is 0.416 e. The molecule has 0 fully saturated rings. The largest absolute Gasteiger partial charge is 0.416 e. The lowest BCUT2D eigenvalue weighted by atomic mass is 9.94. The third-order valence-electron chi connectivity index (χ3n) is 2.89. The molecule has 0 bridgehead atoms. The quantitative estimate of drug-likeness (QED) is 0.713. The van der Waals surface area contributed by atoms with E-state index in [9.17, 15) is 26.3 Å². The van der Waals surface area contributed by atoms with Crippen LogP contribution in [0.15, 0.2) is 18.2 Å². The fraction of sp³-hybridized carbons (Fsp3) is 0.455. The van der Waals surface area contributed by atoms with E-state index in [0.29, 0.717) is 5.56 Å². The fourth-order valence-corrected chi connectivity index (χ4v) is 1.92. The van der Waals surface area contributed by atoms with Crippen LogP contribution in [0.1, 0.15) is 16.7 Å². The molecular weight excluding hydrogens is 260 g/mol. The Balaban J connectivity index is 2.27. The van der Waals surface area contributed by atoms with Crippen LogP contribution < -0.4 is 5.32 Å². The number of nitrogens with one attached hydrogen (secondary N) is 1. The second-order valence-electron chi connectivity index (χ2n) is 4.16. The van der Waals surface area contributed by atoms with Gasteiger partial charge in [0.15, 0.2) is 0 Å². The van der Waals surface area contributed by atoms with Gasteiger partial charge in [0.1, 0.15) is 6.04 Å². The second-order valence-corrected chi connectivity index (χ2v) is 4.16. The third kappa shape index (κ3) is 2.60. The van der Waals surface area contributed by atoms with Crippen LogP contribution in [0.2, 0.25) is 0 Å². The first kappa shape index (κ1) is 13.2. The standard InChI is InChI=1S/C11H9F6N/c12-10(13,14)8-2-1-6-4-9(11(15,16)17)18-5-7(6)3-8/h1-3,9,18H,4-5H2/t9-/m1/s1. The van der Waals surface area contributed by atoms with Crippen molar-refractivity contribution in [3.63, 3.8) is 0 Å². The Morgan fingerprint density at radius 1 is 1.00 bits per heavy atom. The summed E-state index contributed by atoms with van der Waals surface area (Å²) in [6.45, 7) is -0.205. The monoisotopic (exact) mass is 269 g/mol. The highest BCUT2D eigenvalue weighted by Crippen LogP contribution is 2.33. The Morgan fingerprint density at radius 3 is 2.22 bits per heavy atom. The summed E-state index contributed by atoms with van der Waals surface area (Å²) in [5.41, 5.74) is -0.261. The molecule has 0 aliphatic carbocycles. The molecule has 1 aliphatic heterocycles. The van der Waals surface area contributed by atoms with Crippen LogP contribution in [0.5, 0.6) is 0 Å². The van der Waals surface area contributed by atoms with Gasteiger partial charge in [-0.25, -0.2) is 0 Å². The molecule has 1 aliphatic rings. The fourth-order valence-electron chi connectivity index (χ4n) is 1.92. The molecule has 1 aromatic rings. The molecule has 0 saturated carbocycles. The van der Waals surface area contributed by atoms with Crippen molar-refractivity contribution in [1.29, 1.82) is 0 Å². The van der Waals surface area contributed by atoms with Crippen LogP contribution in [-0.2, 0) is 19.1 Å². The molecule has 0 saturated heterocycles. The molecule has 0 amide bonds. The first-order chi connectivity index (χ1) is 8.18. The minimum atomic E-state index is -4.48. The smallest absolute Gasteiger partial charge is 0.302 e. The molecule has 1 N–H and O–H groups in total. The van der Waals surface area contributed by atoms with Crippen molar-refractivity contribution in [1.82, 2.24) is 5.32 Å². The first-order valence-electron chi connectivity index (χ1n) is 5.17. The van der Waals surface area contributed by atoms with Gasteiger partial charge < -0.3 is 5.32 Å². The van der Waals surface area contributed by atoms with Gasteiger partial charge >= 0.3 is 12.4 Å². The molecule has 1 heterocycles. The van der Waals surface area contributed by atoms with Crippen LogP contribution >= 0.6 is 0 Å². The van der Waals surface area contributed by atoms with Gasteiger partial charge in [-0.15, -0.1) is 0 Å². The molecule has 2 rings (SSSR count). The van der Waals surface area contributed by atoms with Crippen molar-refractivity contribution in [2.45, 2.75) is 31.4 Å². The maximum atomic E-state index is 12.5. The molecule has 0 unspecified atom stereocenters. The van der Waals surface area contributed by atoms with Crippen LogP contribution in [0.3, 0.4) is 0 Å². The normalized spacial score (nSPS) is 20.7. The van der Waals surface area contributed by atoms with Crippen LogP contribution in [0.4, 0.5) is 26.3 Å². The van der Waals surface area contributed by atoms with Crippen LogP contribution in [-0.4, -0.2) is 12.2 Å². The van der Waals surface area contributed by atoms with E-state index >= 15 is 0 Å². The van der Waals surface area contributed by atoms with Gasteiger partial charge in [-0.05, 0) is 29.7 Å². The van der Waals surface area contributed by atoms with Crippen molar-refractivity contribution >= 4 is 0 Å². The van der Waals surface area contributed by atoms with E-state index in [2.05, 4.69) is 5.32 Å². The van der Waals surface area contributed by atoms with Crippen molar-refractivity contribution in [3.05, 3.63) is 34.9 Å². The van der Waals surface area contributed by atoms with Crippen LogP contribution in [0.25, 0.3) is 0 Å². The summed E-state index contributed by atoms with van der Waals surface area (Å²) in [6.07, 6.45) is -9.20. The topological polar surface area (TPSA) is 12.0 Å².